The van der Waals surface area contributed by atoms with E-state index in [1.807, 2.05) is 6.92 Å². The van der Waals surface area contributed by atoms with Gasteiger partial charge in [0, 0.05) is 37.6 Å². The molecule has 0 radical (unpaired) electrons. The number of piperazine rings is 1. The third-order valence-corrected chi connectivity index (χ3v) is 2.65. The van der Waals surface area contributed by atoms with Crippen molar-refractivity contribution in [3.63, 3.8) is 0 Å². The molecule has 1 amide bonds. The van der Waals surface area contributed by atoms with Crippen LogP contribution in [0.15, 0.2) is 0 Å². The zero-order valence-electron chi connectivity index (χ0n) is 9.29. The van der Waals surface area contributed by atoms with Crippen LogP contribution in [0.25, 0.3) is 0 Å². The van der Waals surface area contributed by atoms with Crippen LogP contribution in [0, 0.1) is 5.92 Å². The van der Waals surface area contributed by atoms with Gasteiger partial charge in [0.05, 0.1) is 0 Å². The van der Waals surface area contributed by atoms with Gasteiger partial charge in [0.1, 0.15) is 0 Å². The standard InChI is InChI=1S/C10H21N3O/c1-7(10(11)14)4-13-5-8(2)12-9(3)6-13/h7-9,12H,4-6H2,1-3H3,(H2,11,14). The van der Waals surface area contributed by atoms with Crippen molar-refractivity contribution in [2.75, 3.05) is 19.6 Å². The minimum absolute atomic E-state index is 0.0486. The van der Waals surface area contributed by atoms with E-state index in [0.717, 1.165) is 19.6 Å². The van der Waals surface area contributed by atoms with Crippen LogP contribution in [0.5, 0.6) is 0 Å². The van der Waals surface area contributed by atoms with Gasteiger partial charge in [0.15, 0.2) is 0 Å². The van der Waals surface area contributed by atoms with Gasteiger partial charge in [-0.3, -0.25) is 9.69 Å². The van der Waals surface area contributed by atoms with Gasteiger partial charge in [-0.25, -0.2) is 0 Å². The summed E-state index contributed by atoms with van der Waals surface area (Å²) in [5, 5.41) is 3.45. The maximum atomic E-state index is 10.9. The number of carbonyl (C=O) groups excluding carboxylic acids is 1. The number of rotatable bonds is 3. The lowest BCUT2D eigenvalue weighted by atomic mass is 10.1. The van der Waals surface area contributed by atoms with Gasteiger partial charge in [0.25, 0.3) is 0 Å². The van der Waals surface area contributed by atoms with E-state index in [9.17, 15) is 4.79 Å². The Morgan fingerprint density at radius 2 is 2.00 bits per heavy atom. The van der Waals surface area contributed by atoms with Gasteiger partial charge in [-0.15, -0.1) is 0 Å². The molecule has 0 spiro atoms. The second-order valence-electron chi connectivity index (χ2n) is 4.49. The second kappa shape index (κ2) is 4.75. The number of primary amides is 1. The molecule has 4 heteroatoms. The predicted octanol–water partition coefficient (Wildman–Crippen LogP) is -0.210. The highest BCUT2D eigenvalue weighted by molar-refractivity contribution is 5.76. The molecule has 0 saturated carbocycles. The lowest BCUT2D eigenvalue weighted by Crippen LogP contribution is -2.55. The highest BCUT2D eigenvalue weighted by Crippen LogP contribution is 2.07. The Kier molecular flexibility index (Phi) is 3.89. The van der Waals surface area contributed by atoms with Crippen molar-refractivity contribution in [3.8, 4) is 0 Å². The number of nitrogens with two attached hydrogens (primary N) is 1. The average molecular weight is 199 g/mol. The molecule has 1 fully saturated rings. The van der Waals surface area contributed by atoms with E-state index in [1.54, 1.807) is 0 Å². The van der Waals surface area contributed by atoms with Crippen LogP contribution in [0.4, 0.5) is 0 Å². The summed E-state index contributed by atoms with van der Waals surface area (Å²) in [5.41, 5.74) is 5.24. The van der Waals surface area contributed by atoms with Gasteiger partial charge in [-0.05, 0) is 13.8 Å². The second-order valence-corrected chi connectivity index (χ2v) is 4.49. The molecule has 1 heterocycles. The molecule has 0 aromatic rings. The van der Waals surface area contributed by atoms with E-state index in [2.05, 4.69) is 24.1 Å². The van der Waals surface area contributed by atoms with Crippen LogP contribution in [0.2, 0.25) is 0 Å². The number of hydrogen-bond donors (Lipinski definition) is 2. The Morgan fingerprint density at radius 1 is 1.50 bits per heavy atom. The normalized spacial score (nSPS) is 31.4. The van der Waals surface area contributed by atoms with E-state index in [4.69, 9.17) is 5.73 Å². The van der Waals surface area contributed by atoms with Crippen molar-refractivity contribution in [2.45, 2.75) is 32.9 Å². The lowest BCUT2D eigenvalue weighted by Gasteiger charge is -2.36. The highest BCUT2D eigenvalue weighted by atomic mass is 16.1. The maximum Gasteiger partial charge on any atom is 0.221 e. The summed E-state index contributed by atoms with van der Waals surface area (Å²) in [6.45, 7) is 9.00. The molecular weight excluding hydrogens is 178 g/mol. The largest absolute Gasteiger partial charge is 0.369 e. The van der Waals surface area contributed by atoms with Crippen LogP contribution in [0.1, 0.15) is 20.8 Å². The lowest BCUT2D eigenvalue weighted by molar-refractivity contribution is -0.122. The topological polar surface area (TPSA) is 58.4 Å². The molecule has 4 nitrogen and oxygen atoms in total. The quantitative estimate of drug-likeness (QED) is 0.661. The van der Waals surface area contributed by atoms with Crippen molar-refractivity contribution in [3.05, 3.63) is 0 Å². The molecular formula is C10H21N3O. The van der Waals surface area contributed by atoms with Crippen molar-refractivity contribution >= 4 is 5.91 Å². The average Bonchev–Trinajstić information content (AvgIpc) is 2.01. The first-order chi connectivity index (χ1) is 6.49. The maximum absolute atomic E-state index is 10.9. The molecule has 1 rings (SSSR count). The van der Waals surface area contributed by atoms with Crippen molar-refractivity contribution in [1.82, 2.24) is 10.2 Å². The molecule has 0 bridgehead atoms. The zero-order valence-corrected chi connectivity index (χ0v) is 9.29. The summed E-state index contributed by atoms with van der Waals surface area (Å²) in [4.78, 5) is 13.2. The molecule has 0 aliphatic carbocycles. The first-order valence-electron chi connectivity index (χ1n) is 5.26. The summed E-state index contributed by atoms with van der Waals surface area (Å²) in [7, 11) is 0. The van der Waals surface area contributed by atoms with E-state index in [0.29, 0.717) is 12.1 Å². The third-order valence-electron chi connectivity index (χ3n) is 2.65. The number of nitrogens with zero attached hydrogens (tertiary/aromatic N) is 1. The summed E-state index contributed by atoms with van der Waals surface area (Å²) in [6.07, 6.45) is 0. The predicted molar refractivity (Wildman–Crippen MR) is 56.9 cm³/mol. The van der Waals surface area contributed by atoms with E-state index in [1.165, 1.54) is 0 Å². The summed E-state index contributed by atoms with van der Waals surface area (Å²) >= 11 is 0. The fourth-order valence-electron chi connectivity index (χ4n) is 2.07. The first-order valence-corrected chi connectivity index (χ1v) is 5.26. The number of carbonyl (C=O) groups is 1. The van der Waals surface area contributed by atoms with Crippen molar-refractivity contribution in [2.24, 2.45) is 11.7 Å². The Hall–Kier alpha value is -0.610. The third kappa shape index (κ3) is 3.27. The highest BCUT2D eigenvalue weighted by Gasteiger charge is 2.23. The van der Waals surface area contributed by atoms with Crippen LogP contribution in [-0.2, 0) is 4.79 Å². The summed E-state index contributed by atoms with van der Waals surface area (Å²) in [6, 6.07) is 0.998. The number of nitrogens with one attached hydrogen (secondary N) is 1. The van der Waals surface area contributed by atoms with Gasteiger partial charge in [-0.1, -0.05) is 6.92 Å². The van der Waals surface area contributed by atoms with Crippen LogP contribution in [0.3, 0.4) is 0 Å². The Bertz CT molecular complexity index is 198. The van der Waals surface area contributed by atoms with E-state index in [-0.39, 0.29) is 11.8 Å². The van der Waals surface area contributed by atoms with Crippen molar-refractivity contribution in [1.29, 1.82) is 0 Å². The molecule has 1 aliphatic rings. The van der Waals surface area contributed by atoms with Gasteiger partial charge >= 0.3 is 0 Å². The number of amides is 1. The Balaban J connectivity index is 2.40. The minimum atomic E-state index is -0.205. The van der Waals surface area contributed by atoms with Crippen LogP contribution in [-0.4, -0.2) is 42.5 Å². The molecule has 1 aliphatic heterocycles. The first kappa shape index (κ1) is 11.5. The molecule has 3 atom stereocenters. The van der Waals surface area contributed by atoms with Gasteiger partial charge < -0.3 is 11.1 Å². The molecule has 3 N–H and O–H groups in total. The van der Waals surface area contributed by atoms with Gasteiger partial charge in [0.2, 0.25) is 5.91 Å². The minimum Gasteiger partial charge on any atom is -0.369 e. The molecule has 0 aromatic heterocycles. The molecule has 0 aromatic carbocycles. The van der Waals surface area contributed by atoms with Crippen molar-refractivity contribution < 1.29 is 4.79 Å². The molecule has 1 saturated heterocycles. The summed E-state index contributed by atoms with van der Waals surface area (Å²) in [5.74, 6) is -0.253. The fourth-order valence-corrected chi connectivity index (χ4v) is 2.07. The fraction of sp³-hybridized carbons (Fsp3) is 0.900. The smallest absolute Gasteiger partial charge is 0.221 e. The Labute approximate surface area is 85.8 Å². The SMILES string of the molecule is CC1CN(CC(C)C(N)=O)CC(C)N1. The molecule has 82 valence electrons. The van der Waals surface area contributed by atoms with E-state index >= 15 is 0 Å². The summed E-state index contributed by atoms with van der Waals surface area (Å²) < 4.78 is 0. The van der Waals surface area contributed by atoms with Crippen LogP contribution >= 0.6 is 0 Å². The zero-order chi connectivity index (χ0) is 10.7. The van der Waals surface area contributed by atoms with Gasteiger partial charge in [-0.2, -0.15) is 0 Å². The monoisotopic (exact) mass is 199 g/mol. The van der Waals surface area contributed by atoms with E-state index < -0.39 is 0 Å². The molecule has 14 heavy (non-hydrogen) atoms. The van der Waals surface area contributed by atoms with Crippen LogP contribution < -0.4 is 11.1 Å². The molecule has 3 unspecified atom stereocenters. The Morgan fingerprint density at radius 3 is 2.43 bits per heavy atom. The number of hydrogen-bond acceptors (Lipinski definition) is 3.